The first-order valence-electron chi connectivity index (χ1n) is 4.53. The van der Waals surface area contributed by atoms with Crippen LogP contribution in [0, 0.1) is 17.0 Å². The highest BCUT2D eigenvalue weighted by Crippen LogP contribution is 2.18. The first-order valence-corrected chi connectivity index (χ1v) is 4.53. The number of aromatic nitrogens is 1. The Balaban J connectivity index is 2.89. The minimum absolute atomic E-state index is 0.0893. The molecular weight excluding hydrogens is 214 g/mol. The van der Waals surface area contributed by atoms with Gasteiger partial charge in [-0.3, -0.25) is 14.9 Å². The van der Waals surface area contributed by atoms with E-state index in [1.54, 1.807) is 0 Å². The monoisotopic (exact) mass is 225 g/mol. The van der Waals surface area contributed by atoms with Crippen LogP contribution in [-0.2, 0) is 4.79 Å². The first kappa shape index (κ1) is 11.9. The lowest BCUT2D eigenvalue weighted by molar-refractivity contribution is -0.385. The number of hydrogen-bond acceptors (Lipinski definition) is 5. The molecule has 1 atom stereocenters. The molecule has 1 rings (SSSR count). The van der Waals surface area contributed by atoms with E-state index in [0.29, 0.717) is 5.82 Å². The number of nitro groups is 1. The summed E-state index contributed by atoms with van der Waals surface area (Å²) in [6, 6.07) is 1.87. The Morgan fingerprint density at radius 3 is 2.69 bits per heavy atom. The average Bonchev–Trinajstić information content (AvgIpc) is 2.16. The number of anilines is 1. The smallest absolute Gasteiger partial charge is 0.325 e. The van der Waals surface area contributed by atoms with Gasteiger partial charge in [-0.25, -0.2) is 4.98 Å². The minimum atomic E-state index is -1.02. The number of carbonyl (C=O) groups is 1. The van der Waals surface area contributed by atoms with Gasteiger partial charge in [-0.05, 0) is 19.9 Å². The second-order valence-electron chi connectivity index (χ2n) is 3.26. The largest absolute Gasteiger partial charge is 0.480 e. The summed E-state index contributed by atoms with van der Waals surface area (Å²) in [6.07, 6.45) is 0. The van der Waals surface area contributed by atoms with E-state index in [4.69, 9.17) is 5.11 Å². The molecule has 2 N–H and O–H groups in total. The van der Waals surface area contributed by atoms with Gasteiger partial charge >= 0.3 is 5.97 Å². The lowest BCUT2D eigenvalue weighted by atomic mass is 10.3. The summed E-state index contributed by atoms with van der Waals surface area (Å²) in [5.74, 6) is -0.712. The Morgan fingerprint density at radius 1 is 1.62 bits per heavy atom. The second kappa shape index (κ2) is 4.56. The predicted molar refractivity (Wildman–Crippen MR) is 56.3 cm³/mol. The Labute approximate surface area is 91.3 Å². The molecule has 0 bridgehead atoms. The van der Waals surface area contributed by atoms with Gasteiger partial charge in [-0.15, -0.1) is 0 Å². The van der Waals surface area contributed by atoms with Crippen molar-refractivity contribution >= 4 is 17.5 Å². The fourth-order valence-electron chi connectivity index (χ4n) is 1.11. The average molecular weight is 225 g/mol. The van der Waals surface area contributed by atoms with Crippen LogP contribution in [0.2, 0.25) is 0 Å². The highest BCUT2D eigenvalue weighted by Gasteiger charge is 2.14. The maximum atomic E-state index is 10.6. The van der Waals surface area contributed by atoms with Crippen molar-refractivity contribution in [1.82, 2.24) is 4.98 Å². The molecule has 1 heterocycles. The molecule has 0 radical (unpaired) electrons. The Bertz CT molecular complexity index is 433. The summed E-state index contributed by atoms with van der Waals surface area (Å²) in [7, 11) is 0. The van der Waals surface area contributed by atoms with Crippen molar-refractivity contribution in [3.8, 4) is 0 Å². The molecular formula is C9H11N3O4. The van der Waals surface area contributed by atoms with E-state index in [1.165, 1.54) is 26.0 Å². The summed E-state index contributed by atoms with van der Waals surface area (Å²) < 4.78 is 0. The number of nitrogens with zero attached hydrogens (tertiary/aromatic N) is 2. The zero-order chi connectivity index (χ0) is 12.3. The van der Waals surface area contributed by atoms with Gasteiger partial charge in [-0.2, -0.15) is 0 Å². The molecule has 0 spiro atoms. The van der Waals surface area contributed by atoms with E-state index in [0.717, 1.165) is 0 Å². The number of rotatable bonds is 4. The van der Waals surface area contributed by atoms with Crippen molar-refractivity contribution < 1.29 is 14.8 Å². The molecule has 0 aliphatic heterocycles. The van der Waals surface area contributed by atoms with Crippen molar-refractivity contribution in [1.29, 1.82) is 0 Å². The predicted octanol–water partition coefficient (Wildman–Crippen LogP) is 1.18. The molecule has 0 saturated heterocycles. The molecule has 1 aromatic rings. The summed E-state index contributed by atoms with van der Waals surface area (Å²) in [4.78, 5) is 24.4. The summed E-state index contributed by atoms with van der Waals surface area (Å²) >= 11 is 0. The number of carboxylic acid groups (broad SMARTS) is 1. The molecule has 0 unspecified atom stereocenters. The third-order valence-corrected chi connectivity index (χ3v) is 1.99. The van der Waals surface area contributed by atoms with E-state index < -0.39 is 16.9 Å². The molecule has 0 aromatic carbocycles. The van der Waals surface area contributed by atoms with E-state index in [9.17, 15) is 14.9 Å². The normalized spacial score (nSPS) is 11.9. The molecule has 16 heavy (non-hydrogen) atoms. The van der Waals surface area contributed by atoms with Crippen LogP contribution < -0.4 is 5.32 Å². The fraction of sp³-hybridized carbons (Fsp3) is 0.333. The third-order valence-electron chi connectivity index (χ3n) is 1.99. The van der Waals surface area contributed by atoms with Gasteiger partial charge < -0.3 is 10.4 Å². The second-order valence-corrected chi connectivity index (χ2v) is 3.26. The molecule has 7 heteroatoms. The standard InChI is InChI=1S/C9H11N3O4/c1-5-7(12(15)16)3-4-8(10-5)11-6(2)9(13)14/h3-4,6H,1-2H3,(H,10,11)(H,13,14)/t6-/m1/s1. The maximum Gasteiger partial charge on any atom is 0.325 e. The lowest BCUT2D eigenvalue weighted by Crippen LogP contribution is -2.25. The molecule has 1 aromatic heterocycles. The molecule has 86 valence electrons. The van der Waals surface area contributed by atoms with E-state index in [2.05, 4.69) is 10.3 Å². The number of aryl methyl sites for hydroxylation is 1. The Kier molecular flexibility index (Phi) is 3.39. The molecule has 7 nitrogen and oxygen atoms in total. The summed E-state index contributed by atoms with van der Waals surface area (Å²) in [5, 5.41) is 21.8. The molecule has 0 fully saturated rings. The van der Waals surface area contributed by atoms with Gasteiger partial charge in [0, 0.05) is 6.07 Å². The van der Waals surface area contributed by atoms with Crippen molar-refractivity contribution in [2.24, 2.45) is 0 Å². The number of hydrogen-bond donors (Lipinski definition) is 2. The van der Waals surface area contributed by atoms with Crippen LogP contribution in [0.4, 0.5) is 11.5 Å². The van der Waals surface area contributed by atoms with Crippen LogP contribution in [0.25, 0.3) is 0 Å². The number of nitrogens with one attached hydrogen (secondary N) is 1. The van der Waals surface area contributed by atoms with Gasteiger partial charge in [0.2, 0.25) is 0 Å². The van der Waals surface area contributed by atoms with Crippen LogP contribution in [0.1, 0.15) is 12.6 Å². The topological polar surface area (TPSA) is 105 Å². The summed E-state index contributed by atoms with van der Waals surface area (Å²) in [6.45, 7) is 2.95. The zero-order valence-electron chi connectivity index (χ0n) is 8.80. The molecule has 0 aliphatic carbocycles. The van der Waals surface area contributed by atoms with Crippen LogP contribution in [-0.4, -0.2) is 27.0 Å². The van der Waals surface area contributed by atoms with Crippen LogP contribution in [0.3, 0.4) is 0 Å². The van der Waals surface area contributed by atoms with Crippen LogP contribution in [0.15, 0.2) is 12.1 Å². The number of pyridine rings is 1. The SMILES string of the molecule is Cc1nc(N[C@H](C)C(=O)O)ccc1[N+](=O)[O-]. The van der Waals surface area contributed by atoms with Gasteiger partial charge in [0.1, 0.15) is 17.6 Å². The zero-order valence-corrected chi connectivity index (χ0v) is 8.80. The van der Waals surface area contributed by atoms with Crippen molar-refractivity contribution in [2.75, 3.05) is 5.32 Å². The van der Waals surface area contributed by atoms with E-state index in [-0.39, 0.29) is 11.4 Å². The number of aliphatic carboxylic acids is 1. The Morgan fingerprint density at radius 2 is 2.25 bits per heavy atom. The summed E-state index contributed by atoms with van der Waals surface area (Å²) in [5.41, 5.74) is 0.154. The fourth-order valence-corrected chi connectivity index (χ4v) is 1.11. The van der Waals surface area contributed by atoms with Gasteiger partial charge in [0.25, 0.3) is 5.69 Å². The quantitative estimate of drug-likeness (QED) is 0.588. The van der Waals surface area contributed by atoms with E-state index in [1.807, 2.05) is 0 Å². The number of carboxylic acids is 1. The van der Waals surface area contributed by atoms with Crippen molar-refractivity contribution in [2.45, 2.75) is 19.9 Å². The minimum Gasteiger partial charge on any atom is -0.480 e. The van der Waals surface area contributed by atoms with Crippen molar-refractivity contribution in [3.63, 3.8) is 0 Å². The van der Waals surface area contributed by atoms with Crippen molar-refractivity contribution in [3.05, 3.63) is 27.9 Å². The molecule has 0 aliphatic rings. The Hall–Kier alpha value is -2.18. The maximum absolute atomic E-state index is 10.6. The van der Waals surface area contributed by atoms with Gasteiger partial charge in [-0.1, -0.05) is 0 Å². The van der Waals surface area contributed by atoms with Crippen LogP contribution in [0.5, 0.6) is 0 Å². The highest BCUT2D eigenvalue weighted by molar-refractivity contribution is 5.76. The van der Waals surface area contributed by atoms with Crippen LogP contribution >= 0.6 is 0 Å². The highest BCUT2D eigenvalue weighted by atomic mass is 16.6. The third kappa shape index (κ3) is 2.66. The van der Waals surface area contributed by atoms with E-state index >= 15 is 0 Å². The van der Waals surface area contributed by atoms with Gasteiger partial charge in [0.05, 0.1) is 4.92 Å². The van der Waals surface area contributed by atoms with Gasteiger partial charge in [0.15, 0.2) is 0 Å². The lowest BCUT2D eigenvalue weighted by Gasteiger charge is -2.09. The first-order chi connectivity index (χ1) is 7.41. The molecule has 0 amide bonds. The molecule has 0 saturated carbocycles.